The first kappa shape index (κ1) is 14.1. The molecule has 1 unspecified atom stereocenters. The van der Waals surface area contributed by atoms with Crippen molar-refractivity contribution in [2.24, 2.45) is 5.92 Å². The number of rotatable bonds is 3. The Morgan fingerprint density at radius 1 is 1.58 bits per heavy atom. The van der Waals surface area contributed by atoms with Crippen molar-refractivity contribution in [1.29, 1.82) is 0 Å². The summed E-state index contributed by atoms with van der Waals surface area (Å²) in [6.07, 6.45) is 2.64. The molecular weight excluding hydrogens is 244 g/mol. The van der Waals surface area contributed by atoms with Crippen LogP contribution in [0.25, 0.3) is 0 Å². The number of aromatic nitrogens is 1. The summed E-state index contributed by atoms with van der Waals surface area (Å²) in [7, 11) is 1.44. The number of carbonyl (C=O) groups is 1. The second-order valence-electron chi connectivity index (χ2n) is 6.11. The second kappa shape index (κ2) is 5.33. The lowest BCUT2D eigenvalue weighted by atomic mass is 9.94. The van der Waals surface area contributed by atoms with E-state index in [1.807, 2.05) is 0 Å². The topological polar surface area (TPSA) is 55.6 Å². The van der Waals surface area contributed by atoms with Crippen molar-refractivity contribution in [3.63, 3.8) is 0 Å². The summed E-state index contributed by atoms with van der Waals surface area (Å²) < 4.78 is 10.5. The third-order valence-corrected chi connectivity index (χ3v) is 3.46. The zero-order chi connectivity index (χ0) is 14.0. The molecule has 2 rings (SSSR count). The number of oxazole rings is 1. The van der Waals surface area contributed by atoms with Crippen LogP contribution in [0.1, 0.15) is 38.8 Å². The normalized spacial score (nSPS) is 20.7. The van der Waals surface area contributed by atoms with Gasteiger partial charge >= 0.3 is 5.97 Å². The first-order chi connectivity index (χ1) is 8.90. The van der Waals surface area contributed by atoms with E-state index >= 15 is 0 Å². The molecule has 0 amide bonds. The van der Waals surface area contributed by atoms with Gasteiger partial charge in [0, 0.05) is 12.0 Å². The average Bonchev–Trinajstić information content (AvgIpc) is 2.97. The molecule has 2 heterocycles. The molecule has 0 radical (unpaired) electrons. The van der Waals surface area contributed by atoms with Crippen LogP contribution in [0.4, 0.5) is 0 Å². The van der Waals surface area contributed by atoms with Crippen molar-refractivity contribution >= 4 is 5.97 Å². The summed E-state index contributed by atoms with van der Waals surface area (Å²) in [6, 6.07) is 0. The quantitative estimate of drug-likeness (QED) is 0.783. The first-order valence-electron chi connectivity index (χ1n) is 6.65. The van der Waals surface area contributed by atoms with E-state index in [0.717, 1.165) is 31.2 Å². The summed E-state index contributed by atoms with van der Waals surface area (Å²) in [5, 5.41) is 0. The maximum Gasteiger partial charge on any atom is 0.310 e. The number of hydrogen-bond acceptors (Lipinski definition) is 5. The van der Waals surface area contributed by atoms with Gasteiger partial charge in [-0.1, -0.05) is 20.8 Å². The van der Waals surface area contributed by atoms with E-state index in [9.17, 15) is 4.79 Å². The Labute approximate surface area is 113 Å². The molecule has 1 fully saturated rings. The molecular formula is C14H22N2O3. The van der Waals surface area contributed by atoms with Gasteiger partial charge in [0.25, 0.3) is 0 Å². The van der Waals surface area contributed by atoms with E-state index in [0.29, 0.717) is 6.54 Å². The van der Waals surface area contributed by atoms with Crippen LogP contribution in [-0.4, -0.2) is 36.1 Å². The lowest BCUT2D eigenvalue weighted by Gasteiger charge is -2.15. The van der Waals surface area contributed by atoms with E-state index in [4.69, 9.17) is 9.15 Å². The molecule has 0 aromatic carbocycles. The van der Waals surface area contributed by atoms with Gasteiger partial charge in [0.2, 0.25) is 5.89 Å². The molecule has 1 aliphatic heterocycles. The molecule has 0 N–H and O–H groups in total. The van der Waals surface area contributed by atoms with E-state index in [1.165, 1.54) is 7.11 Å². The molecule has 19 heavy (non-hydrogen) atoms. The Bertz CT molecular complexity index is 448. The van der Waals surface area contributed by atoms with Gasteiger partial charge in [0.05, 0.1) is 25.8 Å². The van der Waals surface area contributed by atoms with Crippen LogP contribution < -0.4 is 0 Å². The number of esters is 1. The second-order valence-corrected chi connectivity index (χ2v) is 6.11. The van der Waals surface area contributed by atoms with Gasteiger partial charge in [-0.05, 0) is 13.0 Å². The fourth-order valence-corrected chi connectivity index (χ4v) is 2.26. The molecule has 1 aliphatic rings. The van der Waals surface area contributed by atoms with E-state index in [-0.39, 0.29) is 17.3 Å². The third kappa shape index (κ3) is 3.35. The van der Waals surface area contributed by atoms with E-state index in [2.05, 4.69) is 30.7 Å². The predicted molar refractivity (Wildman–Crippen MR) is 70.6 cm³/mol. The van der Waals surface area contributed by atoms with Gasteiger partial charge in [-0.3, -0.25) is 9.69 Å². The van der Waals surface area contributed by atoms with Gasteiger partial charge in [0.1, 0.15) is 5.76 Å². The standard InChI is InChI=1S/C14H22N2O3/c1-14(2,3)11-7-15-12(19-11)9-16-6-5-10(8-16)13(17)18-4/h7,10H,5-6,8-9H2,1-4H3. The van der Waals surface area contributed by atoms with Crippen LogP contribution in [0, 0.1) is 5.92 Å². The fraction of sp³-hybridized carbons (Fsp3) is 0.714. The summed E-state index contributed by atoms with van der Waals surface area (Å²) in [6.45, 7) is 8.55. The highest BCUT2D eigenvalue weighted by atomic mass is 16.5. The van der Waals surface area contributed by atoms with Crippen molar-refractivity contribution in [3.8, 4) is 0 Å². The van der Waals surface area contributed by atoms with Crippen LogP contribution in [0.3, 0.4) is 0 Å². The van der Waals surface area contributed by atoms with Gasteiger partial charge < -0.3 is 9.15 Å². The molecule has 0 saturated carbocycles. The number of hydrogen-bond donors (Lipinski definition) is 0. The molecule has 0 aliphatic carbocycles. The van der Waals surface area contributed by atoms with Gasteiger partial charge in [-0.25, -0.2) is 4.98 Å². The van der Waals surface area contributed by atoms with E-state index in [1.54, 1.807) is 6.20 Å². The van der Waals surface area contributed by atoms with Crippen LogP contribution in [0.2, 0.25) is 0 Å². The van der Waals surface area contributed by atoms with Gasteiger partial charge in [-0.2, -0.15) is 0 Å². The van der Waals surface area contributed by atoms with Crippen LogP contribution in [-0.2, 0) is 21.5 Å². The minimum absolute atomic E-state index is 0.0120. The number of likely N-dealkylation sites (tertiary alicyclic amines) is 1. The highest BCUT2D eigenvalue weighted by Crippen LogP contribution is 2.24. The maximum atomic E-state index is 11.5. The van der Waals surface area contributed by atoms with Gasteiger partial charge in [0.15, 0.2) is 0 Å². The third-order valence-electron chi connectivity index (χ3n) is 3.46. The smallest absolute Gasteiger partial charge is 0.310 e. The predicted octanol–water partition coefficient (Wildman–Crippen LogP) is 1.97. The van der Waals surface area contributed by atoms with Crippen molar-refractivity contribution in [2.45, 2.75) is 39.2 Å². The number of nitrogens with zero attached hydrogens (tertiary/aromatic N) is 2. The molecule has 5 heteroatoms. The number of methoxy groups -OCH3 is 1. The number of carbonyl (C=O) groups excluding carboxylic acids is 1. The molecule has 1 aromatic rings. The van der Waals surface area contributed by atoms with Crippen molar-refractivity contribution in [3.05, 3.63) is 17.8 Å². The van der Waals surface area contributed by atoms with E-state index < -0.39 is 0 Å². The summed E-state index contributed by atoms with van der Waals surface area (Å²) in [4.78, 5) is 18.0. The molecule has 0 bridgehead atoms. The highest BCUT2D eigenvalue weighted by Gasteiger charge is 2.30. The van der Waals surface area contributed by atoms with Crippen molar-refractivity contribution in [1.82, 2.24) is 9.88 Å². The SMILES string of the molecule is COC(=O)C1CCN(Cc2ncc(C(C)(C)C)o2)C1. The molecule has 5 nitrogen and oxygen atoms in total. The molecule has 1 atom stereocenters. The average molecular weight is 266 g/mol. The largest absolute Gasteiger partial charge is 0.469 e. The lowest BCUT2D eigenvalue weighted by Crippen LogP contribution is -2.23. The monoisotopic (exact) mass is 266 g/mol. The summed E-state index contributed by atoms with van der Waals surface area (Å²) in [5.41, 5.74) is -0.0230. The Morgan fingerprint density at radius 2 is 2.32 bits per heavy atom. The Hall–Kier alpha value is -1.36. The molecule has 0 spiro atoms. The maximum absolute atomic E-state index is 11.5. The Morgan fingerprint density at radius 3 is 2.89 bits per heavy atom. The van der Waals surface area contributed by atoms with Crippen molar-refractivity contribution in [2.75, 3.05) is 20.2 Å². The minimum Gasteiger partial charge on any atom is -0.469 e. The fourth-order valence-electron chi connectivity index (χ4n) is 2.26. The number of ether oxygens (including phenoxy) is 1. The van der Waals surface area contributed by atoms with Crippen LogP contribution >= 0.6 is 0 Å². The Kier molecular flexibility index (Phi) is 3.94. The zero-order valence-corrected chi connectivity index (χ0v) is 12.1. The van der Waals surface area contributed by atoms with Crippen molar-refractivity contribution < 1.29 is 13.9 Å². The Balaban J connectivity index is 1.92. The zero-order valence-electron chi connectivity index (χ0n) is 12.1. The van der Waals surface area contributed by atoms with Gasteiger partial charge in [-0.15, -0.1) is 0 Å². The highest BCUT2D eigenvalue weighted by molar-refractivity contribution is 5.72. The minimum atomic E-state index is -0.120. The summed E-state index contributed by atoms with van der Waals surface area (Å²) in [5.74, 6) is 1.48. The first-order valence-corrected chi connectivity index (χ1v) is 6.65. The molecule has 1 aromatic heterocycles. The molecule has 1 saturated heterocycles. The summed E-state index contributed by atoms with van der Waals surface area (Å²) >= 11 is 0. The lowest BCUT2D eigenvalue weighted by molar-refractivity contribution is -0.144. The van der Waals surface area contributed by atoms with Crippen LogP contribution in [0.5, 0.6) is 0 Å². The molecule has 106 valence electrons. The van der Waals surface area contributed by atoms with Crippen LogP contribution in [0.15, 0.2) is 10.6 Å².